The average Bonchev–Trinajstić information content (AvgIpc) is 1.97. The predicted octanol–water partition coefficient (Wildman–Crippen LogP) is 2.77. The molecule has 1 aliphatic rings. The second-order valence-electron chi connectivity index (χ2n) is 3.19. The van der Waals surface area contributed by atoms with Gasteiger partial charge in [-0.15, -0.1) is 0 Å². The van der Waals surface area contributed by atoms with Crippen LogP contribution < -0.4 is 0 Å². The van der Waals surface area contributed by atoms with Crippen molar-refractivity contribution >= 4 is 0 Å². The molecule has 1 heteroatoms. The van der Waals surface area contributed by atoms with Crippen LogP contribution in [0.15, 0.2) is 12.2 Å². The molecule has 0 aliphatic carbocycles. The monoisotopic (exact) mass is 154 g/mol. The highest BCUT2D eigenvalue weighted by Crippen LogP contribution is 2.26. The Morgan fingerprint density at radius 1 is 1.55 bits per heavy atom. The van der Waals surface area contributed by atoms with E-state index in [4.69, 9.17) is 4.74 Å². The first kappa shape index (κ1) is 8.79. The lowest BCUT2D eigenvalue weighted by Crippen LogP contribution is -2.38. The highest BCUT2D eigenvalue weighted by atomic mass is 16.5. The van der Waals surface area contributed by atoms with Crippen LogP contribution in [0.2, 0.25) is 0 Å². The van der Waals surface area contributed by atoms with Crippen molar-refractivity contribution in [1.82, 2.24) is 0 Å². The highest BCUT2D eigenvalue weighted by Gasteiger charge is 2.29. The molecule has 0 bridgehead atoms. The van der Waals surface area contributed by atoms with E-state index < -0.39 is 0 Å². The Morgan fingerprint density at radius 3 is 2.82 bits per heavy atom. The van der Waals surface area contributed by atoms with E-state index in [1.54, 1.807) is 0 Å². The fourth-order valence-electron chi connectivity index (χ4n) is 1.50. The molecule has 1 fully saturated rings. The molecule has 0 amide bonds. The van der Waals surface area contributed by atoms with Crippen LogP contribution in [0, 0.1) is 5.92 Å². The molecule has 1 nitrogen and oxygen atoms in total. The van der Waals surface area contributed by atoms with Crippen molar-refractivity contribution in [2.24, 2.45) is 5.92 Å². The molecule has 1 rings (SSSR count). The first-order valence-electron chi connectivity index (χ1n) is 4.61. The molecule has 0 spiro atoms. The van der Waals surface area contributed by atoms with Gasteiger partial charge in [0.1, 0.15) is 0 Å². The molecule has 0 saturated carbocycles. The lowest BCUT2D eigenvalue weighted by molar-refractivity contribution is -0.118. The Morgan fingerprint density at radius 2 is 2.36 bits per heavy atom. The third kappa shape index (κ3) is 2.33. The lowest BCUT2D eigenvalue weighted by atomic mass is 9.92. The maximum atomic E-state index is 5.45. The quantitative estimate of drug-likeness (QED) is 0.566. The first-order valence-corrected chi connectivity index (χ1v) is 4.61. The van der Waals surface area contributed by atoms with E-state index in [0.717, 1.165) is 12.5 Å². The van der Waals surface area contributed by atoms with Gasteiger partial charge in [-0.3, -0.25) is 0 Å². The number of hydrogen-bond donors (Lipinski definition) is 0. The second-order valence-corrected chi connectivity index (χ2v) is 3.19. The number of hydrogen-bond acceptors (Lipinski definition) is 1. The van der Waals surface area contributed by atoms with Crippen molar-refractivity contribution in [3.8, 4) is 0 Å². The largest absolute Gasteiger partial charge is 0.377 e. The van der Waals surface area contributed by atoms with Gasteiger partial charge in [-0.25, -0.2) is 0 Å². The van der Waals surface area contributed by atoms with Crippen LogP contribution in [0.5, 0.6) is 0 Å². The minimum atomic E-state index is 0.566. The molecule has 1 heterocycles. The fraction of sp³-hybridized carbons (Fsp3) is 0.800. The molecular weight excluding hydrogens is 136 g/mol. The third-order valence-corrected chi connectivity index (χ3v) is 2.43. The topological polar surface area (TPSA) is 9.23 Å². The summed E-state index contributed by atoms with van der Waals surface area (Å²) in [5.74, 6) is 0.847. The standard InChI is InChI=1S/C10H18O/c1-3-5-6-7-10-9(4-2)8-11-10/h3,5,9-10H,4,6-8H2,1-2H3. The molecule has 64 valence electrons. The minimum Gasteiger partial charge on any atom is -0.377 e. The summed E-state index contributed by atoms with van der Waals surface area (Å²) in [6, 6.07) is 0. The molecule has 1 saturated heterocycles. The predicted molar refractivity (Wildman–Crippen MR) is 47.6 cm³/mol. The Bertz CT molecular complexity index is 127. The number of allylic oxidation sites excluding steroid dienone is 2. The fourth-order valence-corrected chi connectivity index (χ4v) is 1.50. The van der Waals surface area contributed by atoms with Crippen LogP contribution in [0.1, 0.15) is 33.1 Å². The van der Waals surface area contributed by atoms with Crippen molar-refractivity contribution in [3.05, 3.63) is 12.2 Å². The van der Waals surface area contributed by atoms with Crippen molar-refractivity contribution in [1.29, 1.82) is 0 Å². The SMILES string of the molecule is CC=CCCC1OCC1CC. The van der Waals surface area contributed by atoms with Gasteiger partial charge in [0.15, 0.2) is 0 Å². The Kier molecular flexibility index (Phi) is 3.64. The summed E-state index contributed by atoms with van der Waals surface area (Å²) in [5, 5.41) is 0. The first-order chi connectivity index (χ1) is 5.38. The molecule has 11 heavy (non-hydrogen) atoms. The zero-order valence-corrected chi connectivity index (χ0v) is 7.55. The van der Waals surface area contributed by atoms with Gasteiger partial charge in [0.25, 0.3) is 0 Å². The summed E-state index contributed by atoms with van der Waals surface area (Å²) in [6.07, 6.45) is 8.56. The Hall–Kier alpha value is -0.300. The molecule has 1 aliphatic heterocycles. The van der Waals surface area contributed by atoms with Gasteiger partial charge in [-0.1, -0.05) is 19.1 Å². The maximum absolute atomic E-state index is 5.45. The molecule has 0 radical (unpaired) electrons. The number of rotatable bonds is 4. The average molecular weight is 154 g/mol. The van der Waals surface area contributed by atoms with Gasteiger partial charge in [0, 0.05) is 5.92 Å². The van der Waals surface area contributed by atoms with Crippen LogP contribution in [-0.4, -0.2) is 12.7 Å². The summed E-state index contributed by atoms with van der Waals surface area (Å²) < 4.78 is 5.45. The summed E-state index contributed by atoms with van der Waals surface area (Å²) in [5.41, 5.74) is 0. The summed E-state index contributed by atoms with van der Waals surface area (Å²) in [7, 11) is 0. The van der Waals surface area contributed by atoms with E-state index in [9.17, 15) is 0 Å². The second kappa shape index (κ2) is 4.55. The highest BCUT2D eigenvalue weighted by molar-refractivity contribution is 4.83. The van der Waals surface area contributed by atoms with Crippen molar-refractivity contribution in [3.63, 3.8) is 0 Å². The molecule has 2 atom stereocenters. The molecular formula is C10H18O. The van der Waals surface area contributed by atoms with Gasteiger partial charge < -0.3 is 4.74 Å². The zero-order chi connectivity index (χ0) is 8.10. The van der Waals surface area contributed by atoms with Crippen LogP contribution in [0.4, 0.5) is 0 Å². The molecule has 2 unspecified atom stereocenters. The normalized spacial score (nSPS) is 30.7. The van der Waals surface area contributed by atoms with E-state index in [-0.39, 0.29) is 0 Å². The summed E-state index contributed by atoms with van der Waals surface area (Å²) >= 11 is 0. The smallest absolute Gasteiger partial charge is 0.0628 e. The van der Waals surface area contributed by atoms with Crippen molar-refractivity contribution < 1.29 is 4.74 Å². The zero-order valence-electron chi connectivity index (χ0n) is 7.55. The maximum Gasteiger partial charge on any atom is 0.0628 e. The Labute approximate surface area is 69.4 Å². The van der Waals surface area contributed by atoms with E-state index in [1.807, 2.05) is 0 Å². The van der Waals surface area contributed by atoms with E-state index in [0.29, 0.717) is 6.10 Å². The summed E-state index contributed by atoms with van der Waals surface area (Å²) in [4.78, 5) is 0. The molecule has 0 aromatic rings. The molecule has 0 N–H and O–H groups in total. The van der Waals surface area contributed by atoms with Crippen LogP contribution in [-0.2, 0) is 4.74 Å². The van der Waals surface area contributed by atoms with Crippen molar-refractivity contribution in [2.75, 3.05) is 6.61 Å². The van der Waals surface area contributed by atoms with Gasteiger partial charge in [-0.05, 0) is 26.2 Å². The van der Waals surface area contributed by atoms with E-state index in [2.05, 4.69) is 26.0 Å². The third-order valence-electron chi connectivity index (χ3n) is 2.43. The number of ether oxygens (including phenoxy) is 1. The van der Waals surface area contributed by atoms with Crippen LogP contribution >= 0.6 is 0 Å². The molecule has 0 aromatic carbocycles. The van der Waals surface area contributed by atoms with Crippen LogP contribution in [0.25, 0.3) is 0 Å². The van der Waals surface area contributed by atoms with Gasteiger partial charge >= 0.3 is 0 Å². The van der Waals surface area contributed by atoms with Gasteiger partial charge in [0.05, 0.1) is 12.7 Å². The minimum absolute atomic E-state index is 0.566. The molecule has 0 aromatic heterocycles. The van der Waals surface area contributed by atoms with E-state index in [1.165, 1.54) is 19.3 Å². The van der Waals surface area contributed by atoms with E-state index >= 15 is 0 Å². The van der Waals surface area contributed by atoms with Gasteiger partial charge in [-0.2, -0.15) is 0 Å². The van der Waals surface area contributed by atoms with Crippen LogP contribution in [0.3, 0.4) is 0 Å². The van der Waals surface area contributed by atoms with Crippen molar-refractivity contribution in [2.45, 2.75) is 39.2 Å². The summed E-state index contributed by atoms with van der Waals surface area (Å²) in [6.45, 7) is 5.31. The Balaban J connectivity index is 2.07. The lowest BCUT2D eigenvalue weighted by Gasteiger charge is -2.36. The van der Waals surface area contributed by atoms with Gasteiger partial charge in [0.2, 0.25) is 0 Å².